The fourth-order valence-corrected chi connectivity index (χ4v) is 2.25. The molecule has 0 amide bonds. The summed E-state index contributed by atoms with van der Waals surface area (Å²) in [7, 11) is 0. The van der Waals surface area contributed by atoms with Crippen LogP contribution in [-0.4, -0.2) is 10.2 Å². The van der Waals surface area contributed by atoms with Crippen LogP contribution in [0.25, 0.3) is 10.9 Å². The van der Waals surface area contributed by atoms with Gasteiger partial charge in [-0.05, 0) is 30.7 Å². The van der Waals surface area contributed by atoms with Gasteiger partial charge < -0.3 is 5.32 Å². The molecular formula is C16H14N4. The van der Waals surface area contributed by atoms with Crippen molar-refractivity contribution in [2.75, 3.05) is 5.32 Å². The minimum Gasteiger partial charge on any atom is -0.377 e. The lowest BCUT2D eigenvalue weighted by atomic mass is 10.1. The average Bonchev–Trinajstić information content (AvgIpc) is 2.97. The number of fused-ring (bicyclic) bond motifs is 1. The van der Waals surface area contributed by atoms with Crippen LogP contribution in [0.5, 0.6) is 0 Å². The van der Waals surface area contributed by atoms with Gasteiger partial charge in [-0.3, -0.25) is 5.10 Å². The normalized spacial score (nSPS) is 12.0. The highest BCUT2D eigenvalue weighted by Crippen LogP contribution is 2.25. The molecule has 0 radical (unpaired) electrons. The Balaban J connectivity index is 1.86. The molecule has 4 nitrogen and oxygen atoms in total. The van der Waals surface area contributed by atoms with E-state index in [4.69, 9.17) is 5.26 Å². The van der Waals surface area contributed by atoms with Gasteiger partial charge in [0.25, 0.3) is 0 Å². The lowest BCUT2D eigenvalue weighted by Crippen LogP contribution is -2.06. The Morgan fingerprint density at radius 2 is 2.00 bits per heavy atom. The molecule has 0 spiro atoms. The zero-order chi connectivity index (χ0) is 13.9. The van der Waals surface area contributed by atoms with E-state index in [1.165, 1.54) is 0 Å². The minimum atomic E-state index is 0.150. The fraction of sp³-hybridized carbons (Fsp3) is 0.125. The molecule has 0 fully saturated rings. The summed E-state index contributed by atoms with van der Waals surface area (Å²) < 4.78 is 0. The molecule has 0 aliphatic rings. The standard InChI is InChI=1S/C16H14N4/c1-11(13-7-5-12(9-17)6-8-13)19-15-4-2-3-14-10-18-20-16(14)15/h2-8,10-11,19H,1H3,(H,18,20). The molecule has 1 aromatic heterocycles. The Morgan fingerprint density at radius 1 is 1.20 bits per heavy atom. The number of benzene rings is 2. The van der Waals surface area contributed by atoms with Crippen LogP contribution in [0.4, 0.5) is 5.69 Å². The predicted octanol–water partition coefficient (Wildman–Crippen LogP) is 3.61. The van der Waals surface area contributed by atoms with Crippen LogP contribution in [-0.2, 0) is 0 Å². The Morgan fingerprint density at radius 3 is 2.75 bits per heavy atom. The Labute approximate surface area is 117 Å². The van der Waals surface area contributed by atoms with Crippen molar-refractivity contribution >= 4 is 16.6 Å². The summed E-state index contributed by atoms with van der Waals surface area (Å²) in [5.74, 6) is 0. The first-order valence-electron chi connectivity index (χ1n) is 6.46. The zero-order valence-corrected chi connectivity index (χ0v) is 11.1. The van der Waals surface area contributed by atoms with E-state index in [1.807, 2.05) is 48.7 Å². The molecule has 0 saturated heterocycles. The third kappa shape index (κ3) is 2.21. The molecule has 98 valence electrons. The molecule has 2 aromatic carbocycles. The largest absolute Gasteiger partial charge is 0.377 e. The number of nitriles is 1. The summed E-state index contributed by atoms with van der Waals surface area (Å²) in [5, 5.41) is 20.4. The SMILES string of the molecule is CC(Nc1cccc2cn[nH]c12)c1ccc(C#N)cc1. The second-order valence-electron chi connectivity index (χ2n) is 4.74. The molecule has 0 aliphatic heterocycles. The van der Waals surface area contributed by atoms with E-state index in [9.17, 15) is 0 Å². The molecule has 20 heavy (non-hydrogen) atoms. The van der Waals surface area contributed by atoms with Gasteiger partial charge in [0.2, 0.25) is 0 Å². The first-order valence-corrected chi connectivity index (χ1v) is 6.46. The monoisotopic (exact) mass is 262 g/mol. The molecule has 3 rings (SSSR count). The molecular weight excluding hydrogens is 248 g/mol. The van der Waals surface area contributed by atoms with E-state index in [0.717, 1.165) is 22.2 Å². The van der Waals surface area contributed by atoms with Crippen molar-refractivity contribution in [1.29, 1.82) is 5.26 Å². The number of nitrogens with one attached hydrogen (secondary N) is 2. The quantitative estimate of drug-likeness (QED) is 0.757. The van der Waals surface area contributed by atoms with Gasteiger partial charge in [-0.25, -0.2) is 0 Å². The number of hydrogen-bond acceptors (Lipinski definition) is 3. The lowest BCUT2D eigenvalue weighted by Gasteiger charge is -2.16. The summed E-state index contributed by atoms with van der Waals surface area (Å²) in [5.41, 5.74) is 3.85. The van der Waals surface area contributed by atoms with Crippen molar-refractivity contribution in [2.24, 2.45) is 0 Å². The number of para-hydroxylation sites is 1. The molecule has 1 atom stereocenters. The summed E-state index contributed by atoms with van der Waals surface area (Å²) >= 11 is 0. The van der Waals surface area contributed by atoms with E-state index < -0.39 is 0 Å². The highest BCUT2D eigenvalue weighted by Gasteiger charge is 2.08. The maximum absolute atomic E-state index is 8.82. The van der Waals surface area contributed by atoms with E-state index >= 15 is 0 Å². The van der Waals surface area contributed by atoms with Crippen LogP contribution in [0.3, 0.4) is 0 Å². The molecule has 2 N–H and O–H groups in total. The van der Waals surface area contributed by atoms with Crippen molar-refractivity contribution < 1.29 is 0 Å². The molecule has 4 heteroatoms. The highest BCUT2D eigenvalue weighted by atomic mass is 15.1. The fourth-order valence-electron chi connectivity index (χ4n) is 2.25. The Bertz CT molecular complexity index is 765. The zero-order valence-electron chi connectivity index (χ0n) is 11.1. The van der Waals surface area contributed by atoms with Gasteiger partial charge in [0.05, 0.1) is 29.0 Å². The van der Waals surface area contributed by atoms with Crippen LogP contribution in [0.1, 0.15) is 24.1 Å². The predicted molar refractivity (Wildman–Crippen MR) is 79.3 cm³/mol. The maximum atomic E-state index is 8.82. The first-order chi connectivity index (χ1) is 9.78. The maximum Gasteiger partial charge on any atom is 0.0991 e. The van der Waals surface area contributed by atoms with Gasteiger partial charge in [-0.15, -0.1) is 0 Å². The van der Waals surface area contributed by atoms with E-state index in [0.29, 0.717) is 5.56 Å². The Kier molecular flexibility index (Phi) is 3.10. The first kappa shape index (κ1) is 12.2. The molecule has 0 bridgehead atoms. The lowest BCUT2D eigenvalue weighted by molar-refractivity contribution is 0.885. The van der Waals surface area contributed by atoms with Gasteiger partial charge in [0, 0.05) is 11.4 Å². The van der Waals surface area contributed by atoms with Crippen LogP contribution < -0.4 is 5.32 Å². The van der Waals surface area contributed by atoms with Gasteiger partial charge in [-0.2, -0.15) is 10.4 Å². The van der Waals surface area contributed by atoms with Gasteiger partial charge in [0.1, 0.15) is 0 Å². The van der Waals surface area contributed by atoms with E-state index in [2.05, 4.69) is 28.5 Å². The molecule has 1 heterocycles. The number of aromatic amines is 1. The van der Waals surface area contributed by atoms with Crippen LogP contribution in [0.2, 0.25) is 0 Å². The summed E-state index contributed by atoms with van der Waals surface area (Å²) in [6.07, 6.45) is 1.81. The van der Waals surface area contributed by atoms with E-state index in [1.54, 1.807) is 0 Å². The van der Waals surface area contributed by atoms with Crippen molar-refractivity contribution in [2.45, 2.75) is 13.0 Å². The van der Waals surface area contributed by atoms with Crippen molar-refractivity contribution in [1.82, 2.24) is 10.2 Å². The number of hydrogen-bond donors (Lipinski definition) is 2. The highest BCUT2D eigenvalue weighted by molar-refractivity contribution is 5.90. The molecule has 0 saturated carbocycles. The molecule has 1 unspecified atom stereocenters. The van der Waals surface area contributed by atoms with Crippen LogP contribution >= 0.6 is 0 Å². The summed E-state index contributed by atoms with van der Waals surface area (Å²) in [6, 6.07) is 16.0. The smallest absolute Gasteiger partial charge is 0.0991 e. The second kappa shape index (κ2) is 5.06. The third-order valence-electron chi connectivity index (χ3n) is 3.39. The van der Waals surface area contributed by atoms with Gasteiger partial charge >= 0.3 is 0 Å². The number of anilines is 1. The summed E-state index contributed by atoms with van der Waals surface area (Å²) in [4.78, 5) is 0. The average molecular weight is 262 g/mol. The van der Waals surface area contributed by atoms with Gasteiger partial charge in [-0.1, -0.05) is 24.3 Å². The second-order valence-corrected chi connectivity index (χ2v) is 4.74. The summed E-state index contributed by atoms with van der Waals surface area (Å²) in [6.45, 7) is 2.09. The molecule has 0 aliphatic carbocycles. The number of H-pyrrole nitrogens is 1. The topological polar surface area (TPSA) is 64.5 Å². The number of rotatable bonds is 3. The van der Waals surface area contributed by atoms with Crippen molar-refractivity contribution in [3.63, 3.8) is 0 Å². The number of nitrogens with zero attached hydrogens (tertiary/aromatic N) is 2. The van der Waals surface area contributed by atoms with Crippen molar-refractivity contribution in [3.05, 3.63) is 59.8 Å². The van der Waals surface area contributed by atoms with E-state index in [-0.39, 0.29) is 6.04 Å². The third-order valence-corrected chi connectivity index (χ3v) is 3.39. The van der Waals surface area contributed by atoms with Crippen LogP contribution in [0.15, 0.2) is 48.7 Å². The Hall–Kier alpha value is -2.80. The van der Waals surface area contributed by atoms with Crippen LogP contribution in [0, 0.1) is 11.3 Å². The van der Waals surface area contributed by atoms with Crippen molar-refractivity contribution in [3.8, 4) is 6.07 Å². The number of aromatic nitrogens is 2. The molecule has 3 aromatic rings. The van der Waals surface area contributed by atoms with Gasteiger partial charge in [0.15, 0.2) is 0 Å². The minimum absolute atomic E-state index is 0.150.